The maximum Gasteiger partial charge on any atom is 0.416 e. The Morgan fingerprint density at radius 1 is 0.945 bits per heavy atom. The zero-order valence-electron chi connectivity index (χ0n) is 31.6. The molecule has 9 nitrogen and oxygen atoms in total. The van der Waals surface area contributed by atoms with Crippen LogP contribution in [0.25, 0.3) is 0 Å². The van der Waals surface area contributed by atoms with E-state index < -0.39 is 22.8 Å². The number of phenols is 1. The average Bonchev–Trinajstić information content (AvgIpc) is 3.92. The van der Waals surface area contributed by atoms with E-state index in [1.165, 1.54) is 30.5 Å². The second-order valence-corrected chi connectivity index (χ2v) is 16.2. The van der Waals surface area contributed by atoms with Crippen LogP contribution in [0.2, 0.25) is 0 Å². The quantitative estimate of drug-likeness (QED) is 0.133. The lowest BCUT2D eigenvalue weighted by Gasteiger charge is -2.64. The minimum absolute atomic E-state index is 0.0332. The lowest BCUT2D eigenvalue weighted by Crippen LogP contribution is -2.78. The largest absolute Gasteiger partial charge is 0.504 e. The van der Waals surface area contributed by atoms with Crippen molar-refractivity contribution in [1.82, 2.24) is 15.1 Å². The number of rotatable bonds is 18. The highest BCUT2D eigenvalue weighted by atomic mass is 19.4. The Labute approximate surface area is 321 Å². The number of hydrogen-bond acceptors (Lipinski definition) is 9. The van der Waals surface area contributed by atoms with Crippen molar-refractivity contribution in [2.45, 2.75) is 86.4 Å². The molecule has 2 heterocycles. The van der Waals surface area contributed by atoms with Crippen LogP contribution in [0.15, 0.2) is 66.7 Å². The van der Waals surface area contributed by atoms with Gasteiger partial charge in [0.2, 0.25) is 0 Å². The van der Waals surface area contributed by atoms with E-state index in [4.69, 9.17) is 18.9 Å². The van der Waals surface area contributed by atoms with Crippen molar-refractivity contribution < 1.29 is 42.3 Å². The van der Waals surface area contributed by atoms with Crippen molar-refractivity contribution in [2.24, 2.45) is 5.92 Å². The van der Waals surface area contributed by atoms with Gasteiger partial charge >= 0.3 is 6.18 Å². The second kappa shape index (κ2) is 15.9. The van der Waals surface area contributed by atoms with Gasteiger partial charge in [-0.1, -0.05) is 36.4 Å². The fraction of sp³-hybridized carbons (Fsp3) is 0.581. The number of aliphatic hydroxyl groups is 1. The molecular weight excluding hydrogens is 711 g/mol. The fourth-order valence-electron chi connectivity index (χ4n) is 9.85. The average molecular weight is 766 g/mol. The number of nitrogens with zero attached hydrogens (tertiary/aromatic N) is 2. The van der Waals surface area contributed by atoms with Crippen LogP contribution in [0.5, 0.6) is 17.2 Å². The molecule has 0 radical (unpaired) electrons. The van der Waals surface area contributed by atoms with E-state index in [2.05, 4.69) is 15.1 Å². The number of ether oxygens (including phenoxy) is 4. The van der Waals surface area contributed by atoms with Crippen LogP contribution in [0.4, 0.5) is 13.2 Å². The predicted octanol–water partition coefficient (Wildman–Crippen LogP) is 6.11. The molecule has 2 aliphatic heterocycles. The first kappa shape index (κ1) is 38.5. The highest BCUT2D eigenvalue weighted by Crippen LogP contribution is 2.65. The molecule has 3 fully saturated rings. The van der Waals surface area contributed by atoms with Gasteiger partial charge in [-0.25, -0.2) is 0 Å². The zero-order chi connectivity index (χ0) is 38.2. The van der Waals surface area contributed by atoms with E-state index in [0.717, 1.165) is 61.5 Å². The van der Waals surface area contributed by atoms with Gasteiger partial charge in [-0.15, -0.1) is 0 Å². The molecule has 3 aromatic rings. The van der Waals surface area contributed by atoms with Gasteiger partial charge in [-0.3, -0.25) is 4.90 Å². The molecule has 8 rings (SSSR count). The molecule has 2 saturated carbocycles. The van der Waals surface area contributed by atoms with Crippen LogP contribution in [-0.2, 0) is 27.5 Å². The van der Waals surface area contributed by atoms with Crippen LogP contribution >= 0.6 is 0 Å². The summed E-state index contributed by atoms with van der Waals surface area (Å²) in [6.07, 6.45) is 1.40. The molecule has 298 valence electrons. The normalized spacial score (nSPS) is 27.5. The lowest BCUT2D eigenvalue weighted by molar-refractivity contribution is -0.191. The van der Waals surface area contributed by atoms with Crippen molar-refractivity contribution >= 4 is 0 Å². The molecule has 6 atom stereocenters. The van der Waals surface area contributed by atoms with Crippen LogP contribution in [0.1, 0.15) is 66.9 Å². The van der Waals surface area contributed by atoms with E-state index in [-0.39, 0.29) is 30.0 Å². The molecule has 12 heteroatoms. The predicted molar refractivity (Wildman–Crippen MR) is 202 cm³/mol. The summed E-state index contributed by atoms with van der Waals surface area (Å²) < 4.78 is 63.7. The van der Waals surface area contributed by atoms with Crippen LogP contribution in [0.3, 0.4) is 0 Å². The first-order chi connectivity index (χ1) is 26.6. The molecule has 55 heavy (non-hydrogen) atoms. The Morgan fingerprint density at radius 2 is 1.71 bits per heavy atom. The van der Waals surface area contributed by atoms with Gasteiger partial charge in [0.25, 0.3) is 0 Å². The maximum absolute atomic E-state index is 13.0. The van der Waals surface area contributed by atoms with Crippen LogP contribution in [0, 0.1) is 5.92 Å². The Kier molecular flexibility index (Phi) is 11.1. The zero-order valence-corrected chi connectivity index (χ0v) is 31.6. The third kappa shape index (κ3) is 7.70. The number of likely N-dealkylation sites (tertiary alicyclic amines) is 1. The number of nitrogens with one attached hydrogen (secondary N) is 1. The number of halogens is 3. The third-order valence-electron chi connectivity index (χ3n) is 12.8. The molecular formula is C43H54F3N3O6. The third-order valence-corrected chi connectivity index (χ3v) is 12.8. The van der Waals surface area contributed by atoms with E-state index >= 15 is 0 Å². The monoisotopic (exact) mass is 765 g/mol. The highest BCUT2D eigenvalue weighted by molar-refractivity contribution is 5.62. The van der Waals surface area contributed by atoms with Gasteiger partial charge in [0.15, 0.2) is 11.5 Å². The Balaban J connectivity index is 0.760. The molecule has 2 bridgehead atoms. The summed E-state index contributed by atoms with van der Waals surface area (Å²) in [6.45, 7) is 6.07. The van der Waals surface area contributed by atoms with E-state index in [1.807, 2.05) is 43.4 Å². The molecule has 2 unspecified atom stereocenters. The van der Waals surface area contributed by atoms with Gasteiger partial charge in [0.05, 0.1) is 43.0 Å². The Morgan fingerprint density at radius 3 is 2.45 bits per heavy atom. The van der Waals surface area contributed by atoms with E-state index in [0.29, 0.717) is 70.4 Å². The lowest BCUT2D eigenvalue weighted by atomic mass is 9.48. The maximum atomic E-state index is 13.0. The first-order valence-electron chi connectivity index (χ1n) is 20.0. The smallest absolute Gasteiger partial charge is 0.416 e. The molecule has 1 saturated heterocycles. The number of phenolic OH excluding ortho intramolecular Hbond substituents is 1. The van der Waals surface area contributed by atoms with Crippen molar-refractivity contribution in [3.63, 3.8) is 0 Å². The fourth-order valence-corrected chi connectivity index (χ4v) is 9.85. The SMILES string of the molecule is CN(CCOCCOCCN[C@@H]1CC[C@@]2(O)[C@H]3Cc4ccc(O)c5c4[C@@]2(CCN3CC2CC2)C1O5)CCC(Oc1ccc(C(F)(F)F)cc1)c1ccccc1. The van der Waals surface area contributed by atoms with Gasteiger partial charge in [0, 0.05) is 50.2 Å². The minimum atomic E-state index is -4.39. The number of benzene rings is 3. The Bertz CT molecular complexity index is 1760. The first-order valence-corrected chi connectivity index (χ1v) is 20.0. The highest BCUT2D eigenvalue weighted by Gasteiger charge is 2.72. The summed E-state index contributed by atoms with van der Waals surface area (Å²) in [7, 11) is 2.01. The Hall–Kier alpha value is -3.39. The van der Waals surface area contributed by atoms with E-state index in [9.17, 15) is 23.4 Å². The summed E-state index contributed by atoms with van der Waals surface area (Å²) >= 11 is 0. The van der Waals surface area contributed by atoms with Crippen molar-refractivity contribution in [3.05, 3.63) is 89.0 Å². The topological polar surface area (TPSA) is 95.9 Å². The number of hydrogen-bond donors (Lipinski definition) is 3. The number of piperidine rings is 1. The second-order valence-electron chi connectivity index (χ2n) is 16.2. The standard InChI is InChI=1S/C43H54F3N3O6/c1-48(20-16-36(30-5-3-2-4-6-30)54-33-12-10-32(11-13-33)43(44,45)46)22-24-53-26-25-52-23-19-47-34-15-17-42(51)37-27-31-9-14-35(50)39-38(31)41(42,40(34)55-39)18-21-49(37)28-29-7-8-29/h2-6,9-14,29,34,36-37,40,47,50-51H,7-8,15-28H2,1H3/t34-,36?,37-,40?,41+,42-/m1/s1. The summed E-state index contributed by atoms with van der Waals surface area (Å²) in [4.78, 5) is 4.71. The van der Waals surface area contributed by atoms with E-state index in [1.54, 1.807) is 6.07 Å². The summed E-state index contributed by atoms with van der Waals surface area (Å²) in [5, 5.41) is 27.2. The molecule has 5 aliphatic rings. The molecule has 3 aromatic carbocycles. The van der Waals surface area contributed by atoms with Crippen molar-refractivity contribution in [1.29, 1.82) is 0 Å². The summed E-state index contributed by atoms with van der Waals surface area (Å²) in [5.74, 6) is 1.89. The van der Waals surface area contributed by atoms with Crippen molar-refractivity contribution in [2.75, 3.05) is 66.2 Å². The summed E-state index contributed by atoms with van der Waals surface area (Å²) in [5.41, 5.74) is 1.11. The molecule has 3 N–H and O–H groups in total. The number of aromatic hydroxyl groups is 1. The summed E-state index contributed by atoms with van der Waals surface area (Å²) in [6, 6.07) is 18.5. The van der Waals surface area contributed by atoms with Gasteiger partial charge in [-0.2, -0.15) is 13.2 Å². The molecule has 0 aromatic heterocycles. The minimum Gasteiger partial charge on any atom is -0.504 e. The van der Waals surface area contributed by atoms with Gasteiger partial charge < -0.3 is 39.4 Å². The van der Waals surface area contributed by atoms with Crippen LogP contribution in [-0.4, -0.2) is 110 Å². The van der Waals surface area contributed by atoms with Crippen molar-refractivity contribution in [3.8, 4) is 17.2 Å². The number of likely N-dealkylation sites (N-methyl/N-ethyl adjacent to an activating group) is 1. The van der Waals surface area contributed by atoms with Gasteiger partial charge in [-0.05, 0) is 99.5 Å². The molecule has 3 aliphatic carbocycles. The molecule has 1 spiro atoms. The van der Waals surface area contributed by atoms with Gasteiger partial charge in [0.1, 0.15) is 18.0 Å². The number of alkyl halides is 3. The van der Waals surface area contributed by atoms with Crippen LogP contribution < -0.4 is 14.8 Å². The molecule has 0 amide bonds.